The van der Waals surface area contributed by atoms with Gasteiger partial charge in [-0.1, -0.05) is 19.1 Å². The summed E-state index contributed by atoms with van der Waals surface area (Å²) >= 11 is 0. The van der Waals surface area contributed by atoms with Gasteiger partial charge in [-0.05, 0) is 24.1 Å². The lowest BCUT2D eigenvalue weighted by atomic mass is 10.1. The predicted octanol–water partition coefficient (Wildman–Crippen LogP) is 2.08. The van der Waals surface area contributed by atoms with E-state index in [0.29, 0.717) is 18.2 Å². The van der Waals surface area contributed by atoms with Crippen LogP contribution in [-0.4, -0.2) is 17.3 Å². The summed E-state index contributed by atoms with van der Waals surface area (Å²) in [6.45, 7) is 1.98. The average molecular weight is 247 g/mol. The Hall–Kier alpha value is -1.88. The van der Waals surface area contributed by atoms with Gasteiger partial charge in [0.1, 0.15) is 5.75 Å². The number of methoxy groups -OCH3 is 1. The number of hydrogen-bond acceptors (Lipinski definition) is 5. The lowest BCUT2D eigenvalue weighted by Crippen LogP contribution is -2.08. The van der Waals surface area contributed by atoms with E-state index in [4.69, 9.17) is 14.9 Å². The Bertz CT molecular complexity index is 510. The van der Waals surface area contributed by atoms with Crippen LogP contribution in [-0.2, 0) is 6.42 Å². The van der Waals surface area contributed by atoms with Gasteiger partial charge in [0.25, 0.3) is 0 Å². The first-order valence-electron chi connectivity index (χ1n) is 5.93. The second-order valence-corrected chi connectivity index (χ2v) is 4.08. The molecule has 0 fully saturated rings. The maximum absolute atomic E-state index is 5.83. The Kier molecular flexibility index (Phi) is 3.94. The number of nitrogens with zero attached hydrogens (tertiary/aromatic N) is 2. The van der Waals surface area contributed by atoms with Crippen molar-refractivity contribution in [1.29, 1.82) is 0 Å². The van der Waals surface area contributed by atoms with Crippen molar-refractivity contribution >= 4 is 0 Å². The third kappa shape index (κ3) is 2.87. The first-order valence-corrected chi connectivity index (χ1v) is 5.93. The summed E-state index contributed by atoms with van der Waals surface area (Å²) in [6, 6.07) is 7.59. The minimum Gasteiger partial charge on any atom is -0.497 e. The zero-order chi connectivity index (χ0) is 13.0. The standard InChI is InChI=1S/C13H17N3O2/c1-3-11(14)13-16-15-12(18-13)8-9-5-4-6-10(7-9)17-2/h4-7,11H,3,8,14H2,1-2H3. The Labute approximate surface area is 106 Å². The van der Waals surface area contributed by atoms with Gasteiger partial charge in [0.2, 0.25) is 11.8 Å². The van der Waals surface area contributed by atoms with Crippen LogP contribution in [0.15, 0.2) is 28.7 Å². The number of benzene rings is 1. The molecule has 2 aromatic rings. The molecule has 0 saturated heterocycles. The summed E-state index contributed by atoms with van der Waals surface area (Å²) in [5, 5.41) is 7.95. The summed E-state index contributed by atoms with van der Waals surface area (Å²) in [6.07, 6.45) is 1.36. The van der Waals surface area contributed by atoms with Crippen molar-refractivity contribution in [3.8, 4) is 5.75 Å². The molecule has 1 atom stereocenters. The summed E-state index contributed by atoms with van der Waals surface area (Å²) in [7, 11) is 1.64. The first-order chi connectivity index (χ1) is 8.72. The number of ether oxygens (including phenoxy) is 1. The van der Waals surface area contributed by atoms with E-state index in [2.05, 4.69) is 10.2 Å². The van der Waals surface area contributed by atoms with Crippen LogP contribution in [0.1, 0.15) is 36.7 Å². The predicted molar refractivity (Wildman–Crippen MR) is 67.3 cm³/mol. The van der Waals surface area contributed by atoms with E-state index >= 15 is 0 Å². The maximum Gasteiger partial charge on any atom is 0.233 e. The van der Waals surface area contributed by atoms with Gasteiger partial charge >= 0.3 is 0 Å². The molecule has 0 aliphatic carbocycles. The van der Waals surface area contributed by atoms with Gasteiger partial charge in [-0.3, -0.25) is 0 Å². The lowest BCUT2D eigenvalue weighted by Gasteiger charge is -2.02. The van der Waals surface area contributed by atoms with Crippen LogP contribution in [0.3, 0.4) is 0 Å². The van der Waals surface area contributed by atoms with Crippen LogP contribution in [0.4, 0.5) is 0 Å². The van der Waals surface area contributed by atoms with Crippen molar-refractivity contribution in [2.45, 2.75) is 25.8 Å². The molecule has 5 nitrogen and oxygen atoms in total. The molecule has 0 radical (unpaired) electrons. The SMILES string of the molecule is CCC(N)c1nnc(Cc2cccc(OC)c2)o1. The lowest BCUT2D eigenvalue weighted by molar-refractivity contribution is 0.412. The molecule has 0 amide bonds. The van der Waals surface area contributed by atoms with Crippen LogP contribution >= 0.6 is 0 Å². The fourth-order valence-corrected chi connectivity index (χ4v) is 1.62. The zero-order valence-electron chi connectivity index (χ0n) is 10.6. The van der Waals surface area contributed by atoms with Crippen molar-refractivity contribution < 1.29 is 9.15 Å². The topological polar surface area (TPSA) is 74.2 Å². The number of nitrogens with two attached hydrogens (primary N) is 1. The van der Waals surface area contributed by atoms with Crippen molar-refractivity contribution in [3.05, 3.63) is 41.6 Å². The molecular weight excluding hydrogens is 230 g/mol. The van der Waals surface area contributed by atoms with Gasteiger partial charge in [0.05, 0.1) is 19.6 Å². The van der Waals surface area contributed by atoms with E-state index in [0.717, 1.165) is 17.7 Å². The highest BCUT2D eigenvalue weighted by Crippen LogP contribution is 2.17. The molecular formula is C13H17N3O2. The quantitative estimate of drug-likeness (QED) is 0.875. The van der Waals surface area contributed by atoms with E-state index in [1.54, 1.807) is 7.11 Å². The van der Waals surface area contributed by atoms with Crippen molar-refractivity contribution in [3.63, 3.8) is 0 Å². The third-order valence-electron chi connectivity index (χ3n) is 2.73. The zero-order valence-corrected chi connectivity index (χ0v) is 10.6. The van der Waals surface area contributed by atoms with Crippen molar-refractivity contribution in [2.75, 3.05) is 7.11 Å². The molecule has 0 bridgehead atoms. The van der Waals surface area contributed by atoms with Crippen LogP contribution in [0.5, 0.6) is 5.75 Å². The van der Waals surface area contributed by atoms with E-state index in [1.807, 2.05) is 31.2 Å². The van der Waals surface area contributed by atoms with Gasteiger partial charge in [-0.15, -0.1) is 10.2 Å². The highest BCUT2D eigenvalue weighted by Gasteiger charge is 2.12. The summed E-state index contributed by atoms with van der Waals surface area (Å²) in [5.74, 6) is 1.88. The molecule has 0 saturated carbocycles. The molecule has 5 heteroatoms. The largest absolute Gasteiger partial charge is 0.497 e. The van der Waals surface area contributed by atoms with E-state index < -0.39 is 0 Å². The van der Waals surface area contributed by atoms with Gasteiger partial charge in [0, 0.05) is 0 Å². The van der Waals surface area contributed by atoms with Gasteiger partial charge < -0.3 is 14.9 Å². The van der Waals surface area contributed by atoms with Gasteiger partial charge in [-0.2, -0.15) is 0 Å². The number of aromatic nitrogens is 2. The Balaban J connectivity index is 2.11. The molecule has 0 aliphatic rings. The summed E-state index contributed by atoms with van der Waals surface area (Å²) in [4.78, 5) is 0. The molecule has 0 spiro atoms. The van der Waals surface area contributed by atoms with E-state index in [1.165, 1.54) is 0 Å². The molecule has 1 aromatic heterocycles. The van der Waals surface area contributed by atoms with Crippen molar-refractivity contribution in [1.82, 2.24) is 10.2 Å². The van der Waals surface area contributed by atoms with E-state index in [-0.39, 0.29) is 6.04 Å². The smallest absolute Gasteiger partial charge is 0.233 e. The second-order valence-electron chi connectivity index (χ2n) is 4.08. The Morgan fingerprint density at radius 3 is 2.94 bits per heavy atom. The molecule has 1 unspecified atom stereocenters. The fraction of sp³-hybridized carbons (Fsp3) is 0.385. The molecule has 1 aromatic carbocycles. The summed E-state index contributed by atoms with van der Waals surface area (Å²) in [5.41, 5.74) is 6.89. The number of rotatable bonds is 5. The van der Waals surface area contributed by atoms with Crippen LogP contribution in [0, 0.1) is 0 Å². The van der Waals surface area contributed by atoms with Gasteiger partial charge in [0.15, 0.2) is 0 Å². The molecule has 96 valence electrons. The fourth-order valence-electron chi connectivity index (χ4n) is 1.62. The highest BCUT2D eigenvalue weighted by atomic mass is 16.5. The molecule has 1 heterocycles. The Morgan fingerprint density at radius 2 is 2.22 bits per heavy atom. The third-order valence-corrected chi connectivity index (χ3v) is 2.73. The van der Waals surface area contributed by atoms with Crippen molar-refractivity contribution in [2.24, 2.45) is 5.73 Å². The normalized spacial score (nSPS) is 12.4. The van der Waals surface area contributed by atoms with Crippen LogP contribution < -0.4 is 10.5 Å². The minimum absolute atomic E-state index is 0.184. The molecule has 0 aliphatic heterocycles. The number of hydrogen-bond donors (Lipinski definition) is 1. The first kappa shape index (κ1) is 12.6. The Morgan fingerprint density at radius 1 is 1.39 bits per heavy atom. The van der Waals surface area contributed by atoms with Crippen LogP contribution in [0.25, 0.3) is 0 Å². The van der Waals surface area contributed by atoms with Gasteiger partial charge in [-0.25, -0.2) is 0 Å². The minimum atomic E-state index is -0.184. The monoisotopic (exact) mass is 247 g/mol. The second kappa shape index (κ2) is 5.64. The van der Waals surface area contributed by atoms with Crippen LogP contribution in [0.2, 0.25) is 0 Å². The maximum atomic E-state index is 5.83. The average Bonchev–Trinajstić information content (AvgIpc) is 2.86. The summed E-state index contributed by atoms with van der Waals surface area (Å²) < 4.78 is 10.7. The molecule has 18 heavy (non-hydrogen) atoms. The molecule has 2 rings (SSSR count). The molecule has 2 N–H and O–H groups in total. The highest BCUT2D eigenvalue weighted by molar-refractivity contribution is 5.29. The van der Waals surface area contributed by atoms with E-state index in [9.17, 15) is 0 Å².